The topological polar surface area (TPSA) is 0 Å². The zero-order valence-electron chi connectivity index (χ0n) is 3.05. The Labute approximate surface area is 46.2 Å². The van der Waals surface area contributed by atoms with Crippen molar-refractivity contribution in [3.8, 4) is 0 Å². The van der Waals surface area contributed by atoms with Crippen LogP contribution in [0.15, 0.2) is 0 Å². The number of hydrogen-bond donors (Lipinski definition) is 0. The molecule has 0 heterocycles. The fourth-order valence-corrected chi connectivity index (χ4v) is 0. The second kappa shape index (κ2) is 1.99. The molecule has 0 fully saturated rings. The summed E-state index contributed by atoms with van der Waals surface area (Å²) in [5.74, 6) is 0. The van der Waals surface area contributed by atoms with Gasteiger partial charge in [0.05, 0.1) is 0 Å². The largest absolute Gasteiger partial charge is 0.257 e. The zero-order valence-corrected chi connectivity index (χ0v) is 4.56. The fourth-order valence-electron chi connectivity index (χ4n) is 0. The van der Waals surface area contributed by atoms with E-state index in [2.05, 4.69) is 6.92 Å². The maximum Gasteiger partial charge on any atom is 0.257 e. The summed E-state index contributed by atoms with van der Waals surface area (Å²) in [7, 11) is 0. The van der Waals surface area contributed by atoms with Crippen molar-refractivity contribution in [3.05, 3.63) is 6.92 Å². The Morgan fingerprint density at radius 3 is 1.83 bits per heavy atom. The van der Waals surface area contributed by atoms with Gasteiger partial charge >= 0.3 is 0 Å². The number of hydrogen-bond acceptors (Lipinski definition) is 0. The third-order valence-electron chi connectivity index (χ3n) is 0.283. The molecule has 37 valence electrons. The second-order valence-corrected chi connectivity index (χ2v) is 2.26. The van der Waals surface area contributed by atoms with Gasteiger partial charge in [0.2, 0.25) is 0 Å². The van der Waals surface area contributed by atoms with Gasteiger partial charge in [-0.25, -0.2) is 4.39 Å². The van der Waals surface area contributed by atoms with Gasteiger partial charge in [-0.05, 0) is 6.92 Å². The minimum atomic E-state index is -2.12. The van der Waals surface area contributed by atoms with Crippen molar-refractivity contribution in [2.24, 2.45) is 0 Å². The van der Waals surface area contributed by atoms with Crippen molar-refractivity contribution < 1.29 is 4.39 Å². The van der Waals surface area contributed by atoms with Crippen LogP contribution in [0, 0.1) is 6.92 Å². The van der Waals surface area contributed by atoms with Crippen molar-refractivity contribution in [2.45, 2.75) is 11.0 Å². The molecule has 0 saturated carbocycles. The van der Waals surface area contributed by atoms with Gasteiger partial charge in [-0.2, -0.15) is 0 Å². The molecule has 0 rings (SSSR count). The molecule has 0 N–H and O–H groups in total. The van der Waals surface area contributed by atoms with Crippen LogP contribution in [0.3, 0.4) is 0 Å². The van der Waals surface area contributed by atoms with Crippen LogP contribution in [0.4, 0.5) is 4.39 Å². The summed E-state index contributed by atoms with van der Waals surface area (Å²) >= 11 is 9.51. The smallest absolute Gasteiger partial charge is 0.208 e. The average Bonchev–Trinajstić information content (AvgIpc) is 1.35. The summed E-state index contributed by atoms with van der Waals surface area (Å²) in [5.41, 5.74) is 0. The highest BCUT2D eigenvalue weighted by molar-refractivity contribution is 6.47. The van der Waals surface area contributed by atoms with E-state index in [9.17, 15) is 4.39 Å². The maximum atomic E-state index is 11.6. The summed E-state index contributed by atoms with van der Waals surface area (Å²) in [6.07, 6.45) is -0.115. The molecule has 0 spiro atoms. The quantitative estimate of drug-likeness (QED) is 0.477. The van der Waals surface area contributed by atoms with Gasteiger partial charge < -0.3 is 0 Å². The number of halogens is 3. The Hall–Kier alpha value is 0.510. The van der Waals surface area contributed by atoms with Gasteiger partial charge in [0.25, 0.3) is 4.59 Å². The third-order valence-corrected chi connectivity index (χ3v) is 0.661. The van der Waals surface area contributed by atoms with Crippen LogP contribution in [-0.4, -0.2) is 4.59 Å². The summed E-state index contributed by atoms with van der Waals surface area (Å²) in [5, 5.41) is 0. The van der Waals surface area contributed by atoms with E-state index in [0.29, 0.717) is 0 Å². The van der Waals surface area contributed by atoms with Gasteiger partial charge in [-0.1, -0.05) is 23.2 Å². The van der Waals surface area contributed by atoms with Gasteiger partial charge in [-0.3, -0.25) is 0 Å². The minimum absolute atomic E-state index is 0.115. The molecule has 6 heavy (non-hydrogen) atoms. The van der Waals surface area contributed by atoms with Crippen molar-refractivity contribution in [1.29, 1.82) is 0 Å². The van der Waals surface area contributed by atoms with E-state index >= 15 is 0 Å². The molecule has 3 heteroatoms. The molecule has 0 saturated heterocycles. The Bertz CT molecular complexity index is 38.5. The van der Waals surface area contributed by atoms with Crippen LogP contribution in [0.25, 0.3) is 0 Å². The minimum Gasteiger partial charge on any atom is -0.208 e. The SMILES string of the molecule is [CH2]CC(F)(Cl)Cl. The van der Waals surface area contributed by atoms with Crippen LogP contribution >= 0.6 is 23.2 Å². The second-order valence-electron chi connectivity index (χ2n) is 0.865. The van der Waals surface area contributed by atoms with Crippen LogP contribution in [-0.2, 0) is 0 Å². The van der Waals surface area contributed by atoms with Gasteiger partial charge in [-0.15, -0.1) is 0 Å². The average molecular weight is 130 g/mol. The maximum absolute atomic E-state index is 11.6. The summed E-state index contributed by atoms with van der Waals surface area (Å²) in [6, 6.07) is 0. The van der Waals surface area contributed by atoms with Crippen LogP contribution in [0.1, 0.15) is 6.42 Å². The van der Waals surface area contributed by atoms with Crippen molar-refractivity contribution in [1.82, 2.24) is 0 Å². The first kappa shape index (κ1) is 6.51. The molecule has 0 aromatic heterocycles. The molecule has 0 aromatic rings. The normalized spacial score (nSPS) is 12.0. The molecule has 0 unspecified atom stereocenters. The lowest BCUT2D eigenvalue weighted by Gasteiger charge is -2.00. The summed E-state index contributed by atoms with van der Waals surface area (Å²) in [4.78, 5) is 0. The van der Waals surface area contributed by atoms with E-state index in [1.54, 1.807) is 0 Å². The monoisotopic (exact) mass is 129 g/mol. The highest BCUT2D eigenvalue weighted by Crippen LogP contribution is 2.24. The molecule has 0 nitrogen and oxygen atoms in total. The highest BCUT2D eigenvalue weighted by Gasteiger charge is 2.17. The molecule has 0 atom stereocenters. The zero-order chi connectivity index (χ0) is 5.21. The lowest BCUT2D eigenvalue weighted by molar-refractivity contribution is 0.395. The Balaban J connectivity index is 3.17. The van der Waals surface area contributed by atoms with Gasteiger partial charge in [0.15, 0.2) is 0 Å². The van der Waals surface area contributed by atoms with E-state index in [0.717, 1.165) is 0 Å². The first-order valence-electron chi connectivity index (χ1n) is 1.42. The Morgan fingerprint density at radius 1 is 1.67 bits per heavy atom. The Kier molecular flexibility index (Phi) is 2.16. The van der Waals surface area contributed by atoms with Gasteiger partial charge in [0.1, 0.15) is 0 Å². The molecule has 0 aliphatic heterocycles. The van der Waals surface area contributed by atoms with Crippen molar-refractivity contribution >= 4 is 23.2 Å². The molecule has 0 aromatic carbocycles. The molecule has 1 radical (unpaired) electrons. The predicted molar refractivity (Wildman–Crippen MR) is 25.5 cm³/mol. The lowest BCUT2D eigenvalue weighted by Crippen LogP contribution is -1.98. The lowest BCUT2D eigenvalue weighted by atomic mass is 10.5. The highest BCUT2D eigenvalue weighted by atomic mass is 35.5. The number of rotatable bonds is 1. The van der Waals surface area contributed by atoms with Crippen LogP contribution in [0.5, 0.6) is 0 Å². The van der Waals surface area contributed by atoms with E-state index in [1.807, 2.05) is 0 Å². The first-order chi connectivity index (χ1) is 2.56. The van der Waals surface area contributed by atoms with E-state index in [4.69, 9.17) is 23.2 Å². The van der Waals surface area contributed by atoms with E-state index in [1.165, 1.54) is 0 Å². The fraction of sp³-hybridized carbons (Fsp3) is 0.667. The third kappa shape index (κ3) is 4.51. The van der Waals surface area contributed by atoms with Crippen molar-refractivity contribution in [3.63, 3.8) is 0 Å². The number of alkyl halides is 3. The summed E-state index contributed by atoms with van der Waals surface area (Å²) in [6.45, 7) is 3.12. The summed E-state index contributed by atoms with van der Waals surface area (Å²) < 4.78 is 9.46. The van der Waals surface area contributed by atoms with Crippen LogP contribution in [0.2, 0.25) is 0 Å². The molecule has 0 bridgehead atoms. The molecule has 0 aliphatic rings. The van der Waals surface area contributed by atoms with E-state index in [-0.39, 0.29) is 6.42 Å². The first-order valence-corrected chi connectivity index (χ1v) is 2.18. The predicted octanol–water partition coefficient (Wildman–Crippen LogP) is 2.31. The molecular weight excluding hydrogens is 126 g/mol. The van der Waals surface area contributed by atoms with E-state index < -0.39 is 4.59 Å². The van der Waals surface area contributed by atoms with Gasteiger partial charge in [0, 0.05) is 6.42 Å². The molecular formula is C3H4Cl2F. The molecule has 0 amide bonds. The van der Waals surface area contributed by atoms with Crippen molar-refractivity contribution in [2.75, 3.05) is 0 Å². The van der Waals surface area contributed by atoms with Crippen LogP contribution < -0.4 is 0 Å². The standard InChI is InChI=1S/C3H4Cl2F/c1-2-3(4,5)6/h1-2H2. The Morgan fingerprint density at radius 2 is 1.83 bits per heavy atom. The molecule has 0 aliphatic carbocycles.